The summed E-state index contributed by atoms with van der Waals surface area (Å²) in [6.45, 7) is 6.38. The number of amides is 2. The minimum absolute atomic E-state index is 0.0206. The molecule has 0 bridgehead atoms. The molecule has 0 aromatic rings. The number of rotatable bonds is 6. The van der Waals surface area contributed by atoms with Gasteiger partial charge in [0.25, 0.3) is 0 Å². The number of hydrogen-bond donors (Lipinski definition) is 2. The SMILES string of the molecule is CCCC1(C(=O)NCC(=O)N(C)CC)CCNC1. The standard InChI is InChI=1S/C13H25N3O2/c1-4-6-13(7-8-14-10-13)12(18)15-9-11(17)16(3)5-2/h14H,4-10H2,1-3H3,(H,15,18). The van der Waals surface area contributed by atoms with Crippen LogP contribution in [0.2, 0.25) is 0 Å². The highest BCUT2D eigenvalue weighted by Crippen LogP contribution is 2.31. The minimum atomic E-state index is -0.306. The van der Waals surface area contributed by atoms with Crippen molar-refractivity contribution in [2.75, 3.05) is 33.2 Å². The van der Waals surface area contributed by atoms with Crippen LogP contribution in [0.4, 0.5) is 0 Å². The van der Waals surface area contributed by atoms with Crippen molar-refractivity contribution in [1.29, 1.82) is 0 Å². The van der Waals surface area contributed by atoms with E-state index in [2.05, 4.69) is 17.6 Å². The van der Waals surface area contributed by atoms with Gasteiger partial charge >= 0.3 is 0 Å². The average molecular weight is 255 g/mol. The Bertz CT molecular complexity index is 299. The molecule has 1 rings (SSSR count). The Morgan fingerprint density at radius 1 is 1.39 bits per heavy atom. The molecule has 104 valence electrons. The second kappa shape index (κ2) is 6.73. The molecule has 0 saturated carbocycles. The van der Waals surface area contributed by atoms with E-state index in [0.717, 1.165) is 32.4 Å². The van der Waals surface area contributed by atoms with Gasteiger partial charge in [0.05, 0.1) is 12.0 Å². The first-order chi connectivity index (χ1) is 8.55. The van der Waals surface area contributed by atoms with Crippen molar-refractivity contribution >= 4 is 11.8 Å². The summed E-state index contributed by atoms with van der Waals surface area (Å²) in [6, 6.07) is 0. The van der Waals surface area contributed by atoms with Crippen LogP contribution in [0.1, 0.15) is 33.1 Å². The second-order valence-corrected chi connectivity index (χ2v) is 5.05. The van der Waals surface area contributed by atoms with E-state index in [1.54, 1.807) is 11.9 Å². The molecule has 18 heavy (non-hydrogen) atoms. The molecular weight excluding hydrogens is 230 g/mol. The lowest BCUT2D eigenvalue weighted by Gasteiger charge is -2.26. The van der Waals surface area contributed by atoms with E-state index in [-0.39, 0.29) is 23.8 Å². The fourth-order valence-corrected chi connectivity index (χ4v) is 2.40. The Balaban J connectivity index is 2.50. The van der Waals surface area contributed by atoms with Crippen molar-refractivity contribution in [1.82, 2.24) is 15.5 Å². The molecule has 5 nitrogen and oxygen atoms in total. The van der Waals surface area contributed by atoms with Gasteiger partial charge < -0.3 is 15.5 Å². The minimum Gasteiger partial charge on any atom is -0.347 e. The molecule has 0 radical (unpaired) electrons. The maximum Gasteiger partial charge on any atom is 0.241 e. The van der Waals surface area contributed by atoms with E-state index in [1.165, 1.54) is 0 Å². The average Bonchev–Trinajstić information content (AvgIpc) is 2.84. The lowest BCUT2D eigenvalue weighted by atomic mass is 9.81. The van der Waals surface area contributed by atoms with Crippen LogP contribution in [-0.4, -0.2) is 49.9 Å². The predicted molar refractivity (Wildman–Crippen MR) is 71.1 cm³/mol. The number of nitrogens with zero attached hydrogens (tertiary/aromatic N) is 1. The lowest BCUT2D eigenvalue weighted by molar-refractivity contribution is -0.135. The number of carbonyl (C=O) groups is 2. The molecule has 1 aliphatic heterocycles. The normalized spacial score (nSPS) is 22.8. The van der Waals surface area contributed by atoms with Gasteiger partial charge in [-0.2, -0.15) is 0 Å². The molecule has 1 atom stereocenters. The molecule has 0 aromatic heterocycles. The Labute approximate surface area is 109 Å². The maximum absolute atomic E-state index is 12.3. The Kier molecular flexibility index (Phi) is 5.59. The number of nitrogens with one attached hydrogen (secondary N) is 2. The third-order valence-electron chi connectivity index (χ3n) is 3.75. The van der Waals surface area contributed by atoms with Gasteiger partial charge in [-0.05, 0) is 26.3 Å². The number of hydrogen-bond acceptors (Lipinski definition) is 3. The first-order valence-corrected chi connectivity index (χ1v) is 6.78. The van der Waals surface area contributed by atoms with Crippen molar-refractivity contribution in [2.45, 2.75) is 33.1 Å². The van der Waals surface area contributed by atoms with Gasteiger partial charge in [-0.25, -0.2) is 0 Å². The van der Waals surface area contributed by atoms with Crippen molar-refractivity contribution in [3.63, 3.8) is 0 Å². The lowest BCUT2D eigenvalue weighted by Crippen LogP contribution is -2.46. The van der Waals surface area contributed by atoms with E-state index in [0.29, 0.717) is 6.54 Å². The topological polar surface area (TPSA) is 61.4 Å². The summed E-state index contributed by atoms with van der Waals surface area (Å²) in [7, 11) is 1.74. The summed E-state index contributed by atoms with van der Waals surface area (Å²) >= 11 is 0. The number of likely N-dealkylation sites (N-methyl/N-ethyl adjacent to an activating group) is 1. The molecule has 2 amide bonds. The molecule has 5 heteroatoms. The predicted octanol–water partition coefficient (Wildman–Crippen LogP) is 0.361. The van der Waals surface area contributed by atoms with E-state index >= 15 is 0 Å². The summed E-state index contributed by atoms with van der Waals surface area (Å²) < 4.78 is 0. The maximum atomic E-state index is 12.3. The first kappa shape index (κ1) is 15.0. The van der Waals surface area contributed by atoms with Crippen molar-refractivity contribution < 1.29 is 9.59 Å². The Morgan fingerprint density at radius 2 is 2.11 bits per heavy atom. The van der Waals surface area contributed by atoms with Gasteiger partial charge in [-0.15, -0.1) is 0 Å². The molecule has 1 saturated heterocycles. The highest BCUT2D eigenvalue weighted by Gasteiger charge is 2.40. The van der Waals surface area contributed by atoms with Gasteiger partial charge in [-0.1, -0.05) is 13.3 Å². The van der Waals surface area contributed by atoms with E-state index in [4.69, 9.17) is 0 Å². The van der Waals surface area contributed by atoms with E-state index in [9.17, 15) is 9.59 Å². The fourth-order valence-electron chi connectivity index (χ4n) is 2.40. The zero-order valence-corrected chi connectivity index (χ0v) is 11.7. The van der Waals surface area contributed by atoms with Crippen molar-refractivity contribution in [3.8, 4) is 0 Å². The molecule has 1 heterocycles. The van der Waals surface area contributed by atoms with Crippen LogP contribution in [0.15, 0.2) is 0 Å². The van der Waals surface area contributed by atoms with Crippen LogP contribution in [-0.2, 0) is 9.59 Å². The highest BCUT2D eigenvalue weighted by atomic mass is 16.2. The Hall–Kier alpha value is -1.10. The zero-order chi connectivity index (χ0) is 13.6. The summed E-state index contributed by atoms with van der Waals surface area (Å²) in [5, 5.41) is 6.04. The quantitative estimate of drug-likeness (QED) is 0.720. The van der Waals surface area contributed by atoms with E-state index < -0.39 is 0 Å². The molecule has 1 aliphatic rings. The third kappa shape index (κ3) is 3.45. The van der Waals surface area contributed by atoms with Crippen molar-refractivity contribution in [2.24, 2.45) is 5.41 Å². The van der Waals surface area contributed by atoms with Crippen LogP contribution in [0.25, 0.3) is 0 Å². The van der Waals surface area contributed by atoms with Crippen LogP contribution >= 0.6 is 0 Å². The first-order valence-electron chi connectivity index (χ1n) is 6.78. The molecular formula is C13H25N3O2. The van der Waals surface area contributed by atoms with Gasteiger partial charge in [-0.3, -0.25) is 9.59 Å². The largest absolute Gasteiger partial charge is 0.347 e. The molecule has 0 aromatic carbocycles. The Morgan fingerprint density at radius 3 is 2.61 bits per heavy atom. The second-order valence-electron chi connectivity index (χ2n) is 5.05. The van der Waals surface area contributed by atoms with Crippen molar-refractivity contribution in [3.05, 3.63) is 0 Å². The molecule has 1 unspecified atom stereocenters. The number of carbonyl (C=O) groups excluding carboxylic acids is 2. The van der Waals surface area contributed by atoms with Crippen LogP contribution < -0.4 is 10.6 Å². The van der Waals surface area contributed by atoms with Gasteiger partial charge in [0, 0.05) is 20.1 Å². The summed E-state index contributed by atoms with van der Waals surface area (Å²) in [5.74, 6) is -0.0179. The summed E-state index contributed by atoms with van der Waals surface area (Å²) in [4.78, 5) is 25.5. The summed E-state index contributed by atoms with van der Waals surface area (Å²) in [6.07, 6.45) is 2.73. The zero-order valence-electron chi connectivity index (χ0n) is 11.7. The smallest absolute Gasteiger partial charge is 0.241 e. The van der Waals surface area contributed by atoms with Crippen LogP contribution in [0.5, 0.6) is 0 Å². The fraction of sp³-hybridized carbons (Fsp3) is 0.846. The van der Waals surface area contributed by atoms with Crippen LogP contribution in [0, 0.1) is 5.41 Å². The summed E-state index contributed by atoms with van der Waals surface area (Å²) in [5.41, 5.74) is -0.306. The van der Waals surface area contributed by atoms with Crippen LogP contribution in [0.3, 0.4) is 0 Å². The van der Waals surface area contributed by atoms with E-state index in [1.807, 2.05) is 6.92 Å². The molecule has 0 spiro atoms. The molecule has 1 fully saturated rings. The highest BCUT2D eigenvalue weighted by molar-refractivity contribution is 5.88. The monoisotopic (exact) mass is 255 g/mol. The van der Waals surface area contributed by atoms with Gasteiger partial charge in [0.15, 0.2) is 0 Å². The van der Waals surface area contributed by atoms with Gasteiger partial charge in [0.2, 0.25) is 11.8 Å². The molecule has 2 N–H and O–H groups in total. The molecule has 0 aliphatic carbocycles. The third-order valence-corrected chi connectivity index (χ3v) is 3.75. The van der Waals surface area contributed by atoms with Gasteiger partial charge in [0.1, 0.15) is 0 Å².